The van der Waals surface area contributed by atoms with Crippen molar-refractivity contribution in [1.82, 2.24) is 24.2 Å². The van der Waals surface area contributed by atoms with Crippen LogP contribution in [0.25, 0.3) is 11.0 Å². The predicted octanol–water partition coefficient (Wildman–Crippen LogP) is 1.99. The lowest BCUT2D eigenvalue weighted by Gasteiger charge is -2.36. The van der Waals surface area contributed by atoms with Gasteiger partial charge in [0.15, 0.2) is 5.52 Å². The van der Waals surface area contributed by atoms with Crippen molar-refractivity contribution in [2.45, 2.75) is 26.8 Å². The maximum absolute atomic E-state index is 13.3. The second-order valence-corrected chi connectivity index (χ2v) is 8.07. The summed E-state index contributed by atoms with van der Waals surface area (Å²) in [5.74, 6) is 1.15. The number of fused-ring (bicyclic) bond motifs is 1. The number of carbonyl (C=O) groups is 1. The Kier molecular flexibility index (Phi) is 5.43. The summed E-state index contributed by atoms with van der Waals surface area (Å²) in [7, 11) is 3.34. The number of rotatable bonds is 4. The van der Waals surface area contributed by atoms with Crippen LogP contribution in [0.2, 0.25) is 0 Å². The maximum Gasteiger partial charge on any atom is 0.281 e. The van der Waals surface area contributed by atoms with Gasteiger partial charge in [0.25, 0.3) is 11.5 Å². The molecule has 9 nitrogen and oxygen atoms in total. The van der Waals surface area contributed by atoms with Crippen molar-refractivity contribution in [3.8, 4) is 5.75 Å². The molecule has 1 saturated heterocycles. The number of carbonyl (C=O) groups excluding carboxylic acids is 1. The molecule has 2 aromatic heterocycles. The third kappa shape index (κ3) is 3.54. The van der Waals surface area contributed by atoms with E-state index in [0.29, 0.717) is 54.5 Å². The first-order valence-corrected chi connectivity index (χ1v) is 10.5. The molecule has 0 saturated carbocycles. The van der Waals surface area contributed by atoms with Gasteiger partial charge in [-0.1, -0.05) is 12.1 Å². The van der Waals surface area contributed by atoms with Gasteiger partial charge in [-0.3, -0.25) is 18.8 Å². The number of piperazine rings is 1. The van der Waals surface area contributed by atoms with E-state index in [1.54, 1.807) is 35.5 Å². The van der Waals surface area contributed by atoms with E-state index < -0.39 is 0 Å². The van der Waals surface area contributed by atoms with Crippen molar-refractivity contribution >= 4 is 22.9 Å². The van der Waals surface area contributed by atoms with Gasteiger partial charge < -0.3 is 14.5 Å². The number of amides is 1. The summed E-state index contributed by atoms with van der Waals surface area (Å²) in [5.41, 5.74) is 2.34. The average Bonchev–Trinajstić information content (AvgIpc) is 3.06. The second kappa shape index (κ2) is 8.05. The number of nitrogens with zero attached hydrogens (tertiary/aromatic N) is 6. The monoisotopic (exact) mass is 424 g/mol. The normalized spacial score (nSPS) is 14.5. The Morgan fingerprint density at radius 3 is 2.45 bits per heavy atom. The quantitative estimate of drug-likeness (QED) is 0.637. The summed E-state index contributed by atoms with van der Waals surface area (Å²) in [5, 5.41) is 4.38. The van der Waals surface area contributed by atoms with Crippen LogP contribution >= 0.6 is 0 Å². The lowest BCUT2D eigenvalue weighted by atomic mass is 10.1. The Morgan fingerprint density at radius 1 is 1.13 bits per heavy atom. The molecule has 1 amide bonds. The molecule has 0 bridgehead atoms. The number of aryl methyl sites for hydroxylation is 2. The van der Waals surface area contributed by atoms with E-state index in [4.69, 9.17) is 9.72 Å². The lowest BCUT2D eigenvalue weighted by Crippen LogP contribution is -2.50. The highest BCUT2D eigenvalue weighted by molar-refractivity contribution is 5.97. The first-order chi connectivity index (χ1) is 14.8. The Labute approximate surface area is 180 Å². The number of benzene rings is 1. The molecule has 164 valence electrons. The van der Waals surface area contributed by atoms with Crippen LogP contribution in [-0.4, -0.2) is 63.4 Å². The van der Waals surface area contributed by atoms with E-state index in [2.05, 4.69) is 10.00 Å². The Balaban J connectivity index is 1.63. The third-order valence-corrected chi connectivity index (χ3v) is 5.74. The van der Waals surface area contributed by atoms with Crippen LogP contribution in [0.15, 0.2) is 29.1 Å². The van der Waals surface area contributed by atoms with Gasteiger partial charge in [-0.2, -0.15) is 5.10 Å². The topological polar surface area (TPSA) is 85.5 Å². The van der Waals surface area contributed by atoms with Gasteiger partial charge in [-0.15, -0.1) is 0 Å². The minimum atomic E-state index is -0.0920. The van der Waals surface area contributed by atoms with Crippen LogP contribution in [-0.2, 0) is 7.05 Å². The second-order valence-electron chi connectivity index (χ2n) is 8.07. The fourth-order valence-electron chi connectivity index (χ4n) is 4.17. The van der Waals surface area contributed by atoms with Crippen molar-refractivity contribution in [3.63, 3.8) is 0 Å². The third-order valence-electron chi connectivity index (χ3n) is 5.74. The van der Waals surface area contributed by atoms with Crippen molar-refractivity contribution in [1.29, 1.82) is 0 Å². The van der Waals surface area contributed by atoms with E-state index in [1.165, 1.54) is 0 Å². The van der Waals surface area contributed by atoms with Gasteiger partial charge in [0.2, 0.25) is 5.95 Å². The fraction of sp³-hybridized carbons (Fsp3) is 0.455. The van der Waals surface area contributed by atoms with Gasteiger partial charge in [-0.25, -0.2) is 4.98 Å². The zero-order chi connectivity index (χ0) is 22.3. The zero-order valence-electron chi connectivity index (χ0n) is 18.6. The molecule has 31 heavy (non-hydrogen) atoms. The molecule has 0 spiro atoms. The Morgan fingerprint density at radius 2 is 1.81 bits per heavy atom. The van der Waals surface area contributed by atoms with E-state index in [0.717, 1.165) is 5.69 Å². The minimum absolute atomic E-state index is 0.0511. The van der Waals surface area contributed by atoms with Crippen LogP contribution in [0.1, 0.15) is 35.9 Å². The maximum atomic E-state index is 13.3. The SMILES string of the molecule is COc1ccccc1C(=O)N1CCN(c2nc3c(C)nn(C)c3c(=O)n2C(C)C)CC1. The number of para-hydroxylation sites is 1. The lowest BCUT2D eigenvalue weighted by molar-refractivity contribution is 0.0742. The molecular weight excluding hydrogens is 396 g/mol. The van der Waals surface area contributed by atoms with E-state index in [9.17, 15) is 9.59 Å². The molecule has 4 rings (SSSR count). The van der Waals surface area contributed by atoms with Crippen LogP contribution in [0.4, 0.5) is 5.95 Å². The largest absolute Gasteiger partial charge is 0.496 e. The molecule has 1 aliphatic rings. The molecule has 3 heterocycles. The van der Waals surface area contributed by atoms with Crippen LogP contribution in [0, 0.1) is 6.92 Å². The fourth-order valence-corrected chi connectivity index (χ4v) is 4.17. The molecule has 1 aliphatic heterocycles. The van der Waals surface area contributed by atoms with E-state index >= 15 is 0 Å². The molecule has 0 radical (unpaired) electrons. The van der Waals surface area contributed by atoms with Gasteiger partial charge in [0.05, 0.1) is 18.4 Å². The predicted molar refractivity (Wildman–Crippen MR) is 119 cm³/mol. The number of methoxy groups -OCH3 is 1. The van der Waals surface area contributed by atoms with Gasteiger partial charge >= 0.3 is 0 Å². The molecule has 1 aromatic carbocycles. The van der Waals surface area contributed by atoms with E-state index in [-0.39, 0.29) is 17.5 Å². The van der Waals surface area contributed by atoms with Gasteiger partial charge in [0, 0.05) is 39.3 Å². The minimum Gasteiger partial charge on any atom is -0.496 e. The van der Waals surface area contributed by atoms with Gasteiger partial charge in [-0.05, 0) is 32.9 Å². The van der Waals surface area contributed by atoms with Crippen molar-refractivity contribution in [2.75, 3.05) is 38.2 Å². The summed E-state index contributed by atoms with van der Waals surface area (Å²) < 4.78 is 8.67. The van der Waals surface area contributed by atoms with Crippen molar-refractivity contribution in [3.05, 3.63) is 45.9 Å². The highest BCUT2D eigenvalue weighted by Gasteiger charge is 2.28. The first-order valence-electron chi connectivity index (χ1n) is 10.5. The molecule has 3 aromatic rings. The van der Waals surface area contributed by atoms with Crippen molar-refractivity contribution in [2.24, 2.45) is 7.05 Å². The van der Waals surface area contributed by atoms with Gasteiger partial charge in [0.1, 0.15) is 11.3 Å². The summed E-state index contributed by atoms with van der Waals surface area (Å²) in [6.45, 7) is 8.06. The molecule has 9 heteroatoms. The molecule has 0 atom stereocenters. The first kappa shape index (κ1) is 20.9. The summed E-state index contributed by atoms with van der Waals surface area (Å²) in [4.78, 5) is 35.0. The Hall–Kier alpha value is -3.36. The number of hydrogen-bond acceptors (Lipinski definition) is 6. The van der Waals surface area contributed by atoms with Crippen LogP contribution in [0.3, 0.4) is 0 Å². The number of ether oxygens (including phenoxy) is 1. The summed E-state index contributed by atoms with van der Waals surface area (Å²) in [6.07, 6.45) is 0. The highest BCUT2D eigenvalue weighted by Crippen LogP contribution is 2.24. The van der Waals surface area contributed by atoms with E-state index in [1.807, 2.05) is 37.8 Å². The Bertz CT molecular complexity index is 1190. The zero-order valence-corrected chi connectivity index (χ0v) is 18.6. The average molecular weight is 425 g/mol. The summed E-state index contributed by atoms with van der Waals surface area (Å²) in [6, 6.07) is 7.21. The molecule has 0 unspecified atom stereocenters. The van der Waals surface area contributed by atoms with Crippen molar-refractivity contribution < 1.29 is 9.53 Å². The number of anilines is 1. The number of hydrogen-bond donors (Lipinski definition) is 0. The molecule has 0 N–H and O–H groups in total. The molecular formula is C22H28N6O3. The van der Waals surface area contributed by atoms with Crippen LogP contribution in [0.5, 0.6) is 5.75 Å². The molecule has 0 aliphatic carbocycles. The highest BCUT2D eigenvalue weighted by atomic mass is 16.5. The summed E-state index contributed by atoms with van der Waals surface area (Å²) >= 11 is 0. The van der Waals surface area contributed by atoms with Crippen LogP contribution < -0.4 is 15.2 Å². The standard InChI is InChI=1S/C22H28N6O3/c1-14(2)28-21(30)19-18(15(3)24-25(19)4)23-22(28)27-12-10-26(11-13-27)20(29)16-8-6-7-9-17(16)31-5/h6-9,14H,10-13H2,1-5H3. The number of aromatic nitrogens is 4. The molecule has 1 fully saturated rings. The smallest absolute Gasteiger partial charge is 0.281 e.